The number of hydrogen-bond acceptors (Lipinski definition) is 3. The minimum Gasteiger partial charge on any atom is -0.508 e. The molecule has 0 unspecified atom stereocenters. The van der Waals surface area contributed by atoms with Gasteiger partial charge < -0.3 is 15.7 Å². The molecule has 1 aliphatic rings. The first-order valence-electron chi connectivity index (χ1n) is 9.92. The SMILES string of the molecule is CCNC(=NCc1cccc(O)c1)NC1CCN(Cc2ccc(Br)cc2)CC1.I. The van der Waals surface area contributed by atoms with Crippen molar-refractivity contribution >= 4 is 45.9 Å². The van der Waals surface area contributed by atoms with Gasteiger partial charge in [-0.05, 0) is 55.2 Å². The van der Waals surface area contributed by atoms with Gasteiger partial charge in [-0.25, -0.2) is 4.99 Å². The standard InChI is InChI=1S/C22H29BrN4O.HI/c1-2-24-22(25-15-18-4-3-5-21(28)14-18)26-20-10-12-27(13-11-20)16-17-6-8-19(23)9-7-17;/h3-9,14,20,28H,2,10-13,15-16H2,1H3,(H2,24,25,26);1H. The predicted octanol–water partition coefficient (Wildman–Crippen LogP) is 4.49. The van der Waals surface area contributed by atoms with Crippen molar-refractivity contribution in [1.29, 1.82) is 0 Å². The fourth-order valence-electron chi connectivity index (χ4n) is 3.42. The first-order chi connectivity index (χ1) is 13.6. The van der Waals surface area contributed by atoms with Gasteiger partial charge in [0.1, 0.15) is 5.75 Å². The second-order valence-electron chi connectivity index (χ2n) is 7.19. The molecule has 1 aliphatic heterocycles. The molecule has 1 heterocycles. The van der Waals surface area contributed by atoms with Gasteiger partial charge >= 0.3 is 0 Å². The summed E-state index contributed by atoms with van der Waals surface area (Å²) in [6.07, 6.45) is 2.21. The summed E-state index contributed by atoms with van der Waals surface area (Å²) in [5.74, 6) is 1.13. The molecule has 7 heteroatoms. The number of nitrogens with zero attached hydrogens (tertiary/aromatic N) is 2. The summed E-state index contributed by atoms with van der Waals surface area (Å²) < 4.78 is 1.13. The average molecular weight is 573 g/mol. The molecule has 5 nitrogen and oxygen atoms in total. The van der Waals surface area contributed by atoms with Gasteiger partial charge in [0.2, 0.25) is 0 Å². The summed E-state index contributed by atoms with van der Waals surface area (Å²) in [4.78, 5) is 7.19. The molecule has 2 aromatic carbocycles. The second kappa shape index (κ2) is 12.4. The van der Waals surface area contributed by atoms with Crippen LogP contribution in [0.4, 0.5) is 0 Å². The maximum Gasteiger partial charge on any atom is 0.191 e. The van der Waals surface area contributed by atoms with Crippen molar-refractivity contribution in [3.8, 4) is 5.75 Å². The van der Waals surface area contributed by atoms with E-state index in [-0.39, 0.29) is 29.7 Å². The highest BCUT2D eigenvalue weighted by Crippen LogP contribution is 2.16. The lowest BCUT2D eigenvalue weighted by molar-refractivity contribution is 0.198. The van der Waals surface area contributed by atoms with Crippen LogP contribution in [0.5, 0.6) is 5.75 Å². The molecular weight excluding hydrogens is 543 g/mol. The minimum absolute atomic E-state index is 0. The van der Waals surface area contributed by atoms with E-state index in [1.165, 1.54) is 5.56 Å². The highest BCUT2D eigenvalue weighted by molar-refractivity contribution is 14.0. The first-order valence-corrected chi connectivity index (χ1v) is 10.7. The average Bonchev–Trinajstić information content (AvgIpc) is 2.70. The van der Waals surface area contributed by atoms with Crippen molar-refractivity contribution in [2.75, 3.05) is 19.6 Å². The van der Waals surface area contributed by atoms with Crippen LogP contribution in [0.15, 0.2) is 58.0 Å². The van der Waals surface area contributed by atoms with Crippen LogP contribution >= 0.6 is 39.9 Å². The molecule has 1 saturated heterocycles. The quantitative estimate of drug-likeness (QED) is 0.271. The summed E-state index contributed by atoms with van der Waals surface area (Å²) in [5, 5.41) is 16.5. The zero-order chi connectivity index (χ0) is 19.8. The number of rotatable bonds is 6. The molecule has 0 aliphatic carbocycles. The van der Waals surface area contributed by atoms with Gasteiger partial charge in [0.05, 0.1) is 6.54 Å². The molecule has 0 saturated carbocycles. The number of aromatic hydroxyl groups is 1. The van der Waals surface area contributed by atoms with Gasteiger partial charge in [0.25, 0.3) is 0 Å². The number of aliphatic imine (C=N–C) groups is 1. The molecule has 1 fully saturated rings. The molecule has 0 bridgehead atoms. The first kappa shape index (κ1) is 24.0. The molecule has 29 heavy (non-hydrogen) atoms. The van der Waals surface area contributed by atoms with Crippen molar-refractivity contribution in [2.45, 2.75) is 38.9 Å². The monoisotopic (exact) mass is 572 g/mol. The normalized spacial score (nSPS) is 15.6. The van der Waals surface area contributed by atoms with Crippen molar-refractivity contribution in [2.24, 2.45) is 4.99 Å². The van der Waals surface area contributed by atoms with E-state index in [9.17, 15) is 5.11 Å². The highest BCUT2D eigenvalue weighted by Gasteiger charge is 2.20. The van der Waals surface area contributed by atoms with E-state index in [0.717, 1.165) is 55.0 Å². The molecule has 0 atom stereocenters. The number of phenolic OH excluding ortho intramolecular Hbond substituents is 1. The summed E-state index contributed by atoms with van der Waals surface area (Å²) in [6, 6.07) is 16.3. The van der Waals surface area contributed by atoms with Gasteiger partial charge in [-0.1, -0.05) is 40.2 Å². The van der Waals surface area contributed by atoms with Crippen molar-refractivity contribution in [3.63, 3.8) is 0 Å². The Morgan fingerprint density at radius 1 is 1.14 bits per heavy atom. The number of nitrogens with one attached hydrogen (secondary N) is 2. The minimum atomic E-state index is 0. The van der Waals surface area contributed by atoms with Crippen LogP contribution in [0.3, 0.4) is 0 Å². The van der Waals surface area contributed by atoms with Gasteiger partial charge in [-0.3, -0.25) is 4.90 Å². The molecule has 3 rings (SSSR count). The lowest BCUT2D eigenvalue weighted by Crippen LogP contribution is -2.48. The lowest BCUT2D eigenvalue weighted by atomic mass is 10.0. The van der Waals surface area contributed by atoms with Crippen LogP contribution in [0.1, 0.15) is 30.9 Å². The Kier molecular flexibility index (Phi) is 10.2. The number of halogens is 2. The third-order valence-corrected chi connectivity index (χ3v) is 5.45. The summed E-state index contributed by atoms with van der Waals surface area (Å²) in [5.41, 5.74) is 2.36. The second-order valence-corrected chi connectivity index (χ2v) is 8.10. The zero-order valence-electron chi connectivity index (χ0n) is 16.8. The molecule has 0 spiro atoms. The third kappa shape index (κ3) is 8.14. The highest BCUT2D eigenvalue weighted by atomic mass is 127. The number of benzene rings is 2. The van der Waals surface area contributed by atoms with E-state index in [4.69, 9.17) is 0 Å². The molecule has 0 amide bonds. The molecule has 0 radical (unpaired) electrons. The van der Waals surface area contributed by atoms with E-state index < -0.39 is 0 Å². The Morgan fingerprint density at radius 2 is 1.86 bits per heavy atom. The number of likely N-dealkylation sites (tertiary alicyclic amines) is 1. The van der Waals surface area contributed by atoms with Crippen molar-refractivity contribution in [1.82, 2.24) is 15.5 Å². The topological polar surface area (TPSA) is 59.9 Å². The maximum absolute atomic E-state index is 9.60. The van der Waals surface area contributed by atoms with Crippen LogP contribution < -0.4 is 10.6 Å². The predicted molar refractivity (Wildman–Crippen MR) is 134 cm³/mol. The largest absolute Gasteiger partial charge is 0.508 e. The van der Waals surface area contributed by atoms with E-state index >= 15 is 0 Å². The number of phenols is 1. The van der Waals surface area contributed by atoms with Crippen molar-refractivity contribution < 1.29 is 5.11 Å². The van der Waals surface area contributed by atoms with E-state index in [0.29, 0.717) is 12.6 Å². The van der Waals surface area contributed by atoms with Crippen LogP contribution in [0.25, 0.3) is 0 Å². The van der Waals surface area contributed by atoms with Crippen molar-refractivity contribution in [3.05, 3.63) is 64.1 Å². The van der Waals surface area contributed by atoms with Gasteiger partial charge in [-0.15, -0.1) is 24.0 Å². The van der Waals surface area contributed by atoms with Gasteiger partial charge in [0, 0.05) is 36.7 Å². The zero-order valence-corrected chi connectivity index (χ0v) is 20.7. The molecule has 158 valence electrons. The van der Waals surface area contributed by atoms with Crippen LogP contribution in [-0.4, -0.2) is 41.6 Å². The summed E-state index contributed by atoms with van der Waals surface area (Å²) in [6.45, 7) is 6.62. The number of piperidine rings is 1. The summed E-state index contributed by atoms with van der Waals surface area (Å²) >= 11 is 3.49. The van der Waals surface area contributed by atoms with Crippen LogP contribution in [0.2, 0.25) is 0 Å². The lowest BCUT2D eigenvalue weighted by Gasteiger charge is -2.33. The third-order valence-electron chi connectivity index (χ3n) is 4.92. The molecule has 0 aromatic heterocycles. The van der Waals surface area contributed by atoms with Gasteiger partial charge in [0.15, 0.2) is 5.96 Å². The molecule has 2 aromatic rings. The van der Waals surface area contributed by atoms with E-state index in [1.807, 2.05) is 12.1 Å². The Balaban J connectivity index is 0.00000300. The smallest absolute Gasteiger partial charge is 0.191 e. The Bertz CT molecular complexity index is 777. The number of hydrogen-bond donors (Lipinski definition) is 3. The Labute approximate surface area is 199 Å². The van der Waals surface area contributed by atoms with Gasteiger partial charge in [-0.2, -0.15) is 0 Å². The molecular formula is C22H30BrIN4O. The Morgan fingerprint density at radius 3 is 2.52 bits per heavy atom. The maximum atomic E-state index is 9.60. The fraction of sp³-hybridized carbons (Fsp3) is 0.409. The Hall–Kier alpha value is -1.32. The van der Waals surface area contributed by atoms with E-state index in [2.05, 4.69) is 67.6 Å². The number of guanidine groups is 1. The summed E-state index contributed by atoms with van der Waals surface area (Å²) in [7, 11) is 0. The van der Waals surface area contributed by atoms with Crippen LogP contribution in [-0.2, 0) is 13.1 Å². The fourth-order valence-corrected chi connectivity index (χ4v) is 3.69. The van der Waals surface area contributed by atoms with E-state index in [1.54, 1.807) is 12.1 Å². The molecule has 3 N–H and O–H groups in total. The van der Waals surface area contributed by atoms with Crippen LogP contribution in [0, 0.1) is 0 Å².